The Morgan fingerprint density at radius 3 is 1.23 bits per heavy atom. The molecule has 0 heterocycles. The van der Waals surface area contributed by atoms with Gasteiger partial charge in [-0.25, -0.2) is 9.59 Å². The van der Waals surface area contributed by atoms with Crippen LogP contribution in [0.25, 0.3) is 0 Å². The third-order valence-electron chi connectivity index (χ3n) is 3.32. The summed E-state index contributed by atoms with van der Waals surface area (Å²) in [5.41, 5.74) is -0.380. The molecule has 26 heavy (non-hydrogen) atoms. The van der Waals surface area contributed by atoms with Crippen LogP contribution in [0.2, 0.25) is 0 Å². The van der Waals surface area contributed by atoms with Crippen molar-refractivity contribution in [3.63, 3.8) is 0 Å². The van der Waals surface area contributed by atoms with Crippen LogP contribution >= 0.6 is 0 Å². The summed E-state index contributed by atoms with van der Waals surface area (Å²) < 4.78 is 0. The van der Waals surface area contributed by atoms with Crippen molar-refractivity contribution >= 4 is 23.8 Å². The molecule has 132 valence electrons. The minimum absolute atomic E-state index is 0.0350. The van der Waals surface area contributed by atoms with Gasteiger partial charge in [0.2, 0.25) is 0 Å². The Kier molecular flexibility index (Phi) is 5.83. The van der Waals surface area contributed by atoms with Gasteiger partial charge in [0, 0.05) is 12.4 Å². The van der Waals surface area contributed by atoms with Gasteiger partial charge in [0.15, 0.2) is 0 Å². The van der Waals surface area contributed by atoms with Crippen LogP contribution in [0.5, 0.6) is 0 Å². The normalized spacial score (nSPS) is 10.3. The first-order valence-corrected chi connectivity index (χ1v) is 7.33. The second-order valence-corrected chi connectivity index (χ2v) is 4.98. The molecule has 0 bridgehead atoms. The maximum absolute atomic E-state index is 12.0. The SMILES string of the molecule is O=C(O)c1ccccc1C(=O)NC=CNC(=O)c1ccccc1C(=O)O. The molecule has 8 heteroatoms. The number of amides is 2. The van der Waals surface area contributed by atoms with E-state index in [0.29, 0.717) is 0 Å². The van der Waals surface area contributed by atoms with Crippen molar-refractivity contribution in [2.24, 2.45) is 0 Å². The Labute approximate surface area is 147 Å². The summed E-state index contributed by atoms with van der Waals surface area (Å²) in [4.78, 5) is 46.2. The molecule has 2 amide bonds. The van der Waals surface area contributed by atoms with E-state index >= 15 is 0 Å². The van der Waals surface area contributed by atoms with Gasteiger partial charge >= 0.3 is 11.9 Å². The summed E-state index contributed by atoms with van der Waals surface area (Å²) in [6, 6.07) is 11.3. The van der Waals surface area contributed by atoms with Crippen LogP contribution in [0.3, 0.4) is 0 Å². The number of benzene rings is 2. The molecule has 4 N–H and O–H groups in total. The molecule has 0 aliphatic rings. The highest BCUT2D eigenvalue weighted by Crippen LogP contribution is 2.09. The Balaban J connectivity index is 2.02. The highest BCUT2D eigenvalue weighted by atomic mass is 16.4. The van der Waals surface area contributed by atoms with Gasteiger partial charge in [0.1, 0.15) is 0 Å². The van der Waals surface area contributed by atoms with Gasteiger partial charge in [-0.05, 0) is 24.3 Å². The van der Waals surface area contributed by atoms with Crippen molar-refractivity contribution in [1.82, 2.24) is 10.6 Å². The number of carboxylic acid groups (broad SMARTS) is 2. The van der Waals surface area contributed by atoms with Crippen molar-refractivity contribution in [2.45, 2.75) is 0 Å². The molecule has 0 saturated carbocycles. The fraction of sp³-hybridized carbons (Fsp3) is 0. The maximum atomic E-state index is 12.0. The Morgan fingerprint density at radius 1 is 0.615 bits per heavy atom. The average molecular weight is 354 g/mol. The zero-order chi connectivity index (χ0) is 19.1. The predicted molar refractivity (Wildman–Crippen MR) is 90.9 cm³/mol. The van der Waals surface area contributed by atoms with Crippen LogP contribution in [0, 0.1) is 0 Å². The number of aromatic carboxylic acids is 2. The van der Waals surface area contributed by atoms with Crippen LogP contribution in [-0.4, -0.2) is 34.0 Å². The van der Waals surface area contributed by atoms with Gasteiger partial charge in [-0.1, -0.05) is 24.3 Å². The fourth-order valence-corrected chi connectivity index (χ4v) is 2.13. The number of carbonyl (C=O) groups is 4. The molecule has 0 atom stereocenters. The van der Waals surface area contributed by atoms with Gasteiger partial charge < -0.3 is 20.8 Å². The summed E-state index contributed by atoms with van der Waals surface area (Å²) in [7, 11) is 0. The first-order valence-electron chi connectivity index (χ1n) is 7.33. The highest BCUT2D eigenvalue weighted by Gasteiger charge is 2.15. The van der Waals surface area contributed by atoms with E-state index in [-0.39, 0.29) is 22.3 Å². The Hall–Kier alpha value is -3.94. The van der Waals surface area contributed by atoms with Crippen LogP contribution in [-0.2, 0) is 0 Å². The van der Waals surface area contributed by atoms with E-state index in [1.165, 1.54) is 48.5 Å². The fourth-order valence-electron chi connectivity index (χ4n) is 2.13. The predicted octanol–water partition coefficient (Wildman–Crippen LogP) is 1.71. The molecule has 8 nitrogen and oxygen atoms in total. The Morgan fingerprint density at radius 2 is 0.923 bits per heavy atom. The van der Waals surface area contributed by atoms with Crippen molar-refractivity contribution in [3.05, 3.63) is 83.2 Å². The number of rotatable bonds is 6. The van der Waals surface area contributed by atoms with Gasteiger partial charge in [0.05, 0.1) is 22.3 Å². The third-order valence-corrected chi connectivity index (χ3v) is 3.32. The number of carboxylic acids is 2. The lowest BCUT2D eigenvalue weighted by Gasteiger charge is -2.05. The molecular formula is C18H14N2O6. The summed E-state index contributed by atoms with van der Waals surface area (Å²) in [6.45, 7) is 0. The number of carbonyl (C=O) groups excluding carboxylic acids is 2. The highest BCUT2D eigenvalue weighted by molar-refractivity contribution is 6.06. The minimum Gasteiger partial charge on any atom is -0.478 e. The van der Waals surface area contributed by atoms with Crippen LogP contribution in [0.4, 0.5) is 0 Å². The van der Waals surface area contributed by atoms with E-state index in [0.717, 1.165) is 12.4 Å². The number of hydrogen-bond acceptors (Lipinski definition) is 4. The summed E-state index contributed by atoms with van der Waals surface area (Å²) >= 11 is 0. The van der Waals surface area contributed by atoms with E-state index in [4.69, 9.17) is 10.2 Å². The lowest BCUT2D eigenvalue weighted by Crippen LogP contribution is -2.23. The second kappa shape index (κ2) is 8.25. The topological polar surface area (TPSA) is 133 Å². The van der Waals surface area contributed by atoms with Crippen LogP contribution in [0.1, 0.15) is 41.4 Å². The first kappa shape index (κ1) is 18.4. The van der Waals surface area contributed by atoms with Gasteiger partial charge in [0.25, 0.3) is 11.8 Å². The van der Waals surface area contributed by atoms with Crippen molar-refractivity contribution in [3.8, 4) is 0 Å². The second-order valence-electron chi connectivity index (χ2n) is 4.98. The molecule has 0 fully saturated rings. The van der Waals surface area contributed by atoms with Gasteiger partial charge in [-0.3, -0.25) is 9.59 Å². The molecule has 2 aromatic carbocycles. The van der Waals surface area contributed by atoms with E-state index in [9.17, 15) is 19.2 Å². The molecule has 0 unspecified atom stereocenters. The van der Waals surface area contributed by atoms with E-state index in [1.54, 1.807) is 0 Å². The van der Waals surface area contributed by atoms with E-state index in [2.05, 4.69) is 10.6 Å². The molecule has 0 aliphatic carbocycles. The quantitative estimate of drug-likeness (QED) is 0.624. The minimum atomic E-state index is -1.24. The van der Waals surface area contributed by atoms with Crippen molar-refractivity contribution in [1.29, 1.82) is 0 Å². The molecule has 2 rings (SSSR count). The van der Waals surface area contributed by atoms with E-state index < -0.39 is 23.8 Å². The van der Waals surface area contributed by atoms with Crippen LogP contribution in [0.15, 0.2) is 60.9 Å². The summed E-state index contributed by atoms with van der Waals surface area (Å²) in [5.74, 6) is -3.81. The first-order chi connectivity index (χ1) is 12.4. The smallest absolute Gasteiger partial charge is 0.336 e. The summed E-state index contributed by atoms with van der Waals surface area (Å²) in [5, 5.41) is 22.8. The molecule has 0 spiro atoms. The zero-order valence-corrected chi connectivity index (χ0v) is 13.3. The molecule has 0 aliphatic heterocycles. The molecule has 0 radical (unpaired) electrons. The Bertz CT molecular complexity index is 831. The number of hydrogen-bond donors (Lipinski definition) is 4. The monoisotopic (exact) mass is 354 g/mol. The lowest BCUT2D eigenvalue weighted by molar-refractivity contribution is 0.0682. The molecule has 2 aromatic rings. The largest absolute Gasteiger partial charge is 0.478 e. The van der Waals surface area contributed by atoms with Crippen molar-refractivity contribution < 1.29 is 29.4 Å². The summed E-state index contributed by atoms with van der Waals surface area (Å²) in [6.07, 6.45) is 2.23. The van der Waals surface area contributed by atoms with Crippen LogP contribution < -0.4 is 10.6 Å². The average Bonchev–Trinajstić information content (AvgIpc) is 2.64. The standard InChI is InChI=1S/C18H14N2O6/c21-15(11-5-1-3-7-13(11)17(23)24)19-9-10-20-16(22)12-6-2-4-8-14(12)18(25)26/h1-10H,(H,19,21)(H,20,22)(H,23,24)(H,25,26). The van der Waals surface area contributed by atoms with Gasteiger partial charge in [-0.15, -0.1) is 0 Å². The van der Waals surface area contributed by atoms with Gasteiger partial charge in [-0.2, -0.15) is 0 Å². The molecular weight excluding hydrogens is 340 g/mol. The molecule has 0 saturated heterocycles. The van der Waals surface area contributed by atoms with Crippen molar-refractivity contribution in [2.75, 3.05) is 0 Å². The molecule has 0 aromatic heterocycles. The third kappa shape index (κ3) is 4.32. The van der Waals surface area contributed by atoms with E-state index in [1.807, 2.05) is 0 Å². The zero-order valence-electron chi connectivity index (χ0n) is 13.3. The number of nitrogens with one attached hydrogen (secondary N) is 2. The lowest BCUT2D eigenvalue weighted by atomic mass is 10.1. The maximum Gasteiger partial charge on any atom is 0.336 e.